The first-order valence-electron chi connectivity index (χ1n) is 8.20. The number of ether oxygens (including phenoxy) is 3. The first-order chi connectivity index (χ1) is 12.1. The van der Waals surface area contributed by atoms with Crippen molar-refractivity contribution in [2.75, 3.05) is 13.2 Å². The van der Waals surface area contributed by atoms with Crippen LogP contribution in [0.4, 0.5) is 0 Å². The molecule has 128 valence electrons. The highest BCUT2D eigenvalue weighted by Crippen LogP contribution is 2.40. The van der Waals surface area contributed by atoms with Gasteiger partial charge in [-0.05, 0) is 37.3 Å². The first kappa shape index (κ1) is 16.8. The topological polar surface area (TPSA) is 68.6 Å². The first-order valence-corrected chi connectivity index (χ1v) is 8.20. The minimum Gasteiger partial charge on any atom is -0.490 e. The maximum absolute atomic E-state index is 12.3. The van der Waals surface area contributed by atoms with Crippen molar-refractivity contribution < 1.29 is 19.0 Å². The van der Waals surface area contributed by atoms with Crippen LogP contribution in [-0.4, -0.2) is 25.3 Å². The van der Waals surface area contributed by atoms with E-state index >= 15 is 0 Å². The average molecular weight is 337 g/mol. The monoisotopic (exact) mass is 337 g/mol. The number of hydrogen-bond acceptors (Lipinski definition) is 5. The molecule has 0 radical (unpaired) electrons. The van der Waals surface area contributed by atoms with Crippen LogP contribution in [0.3, 0.4) is 0 Å². The van der Waals surface area contributed by atoms with Crippen LogP contribution in [0.5, 0.6) is 11.5 Å². The van der Waals surface area contributed by atoms with E-state index in [1.54, 1.807) is 30.3 Å². The van der Waals surface area contributed by atoms with Gasteiger partial charge in [0.1, 0.15) is 36.4 Å². The van der Waals surface area contributed by atoms with Gasteiger partial charge in [-0.25, -0.2) is 4.79 Å². The van der Waals surface area contributed by atoms with E-state index in [1.165, 1.54) is 0 Å². The summed E-state index contributed by atoms with van der Waals surface area (Å²) in [5.74, 6) is 1.09. The number of carbonyl (C=O) groups is 1. The van der Waals surface area contributed by atoms with Crippen LogP contribution in [0.1, 0.15) is 41.3 Å². The number of esters is 1. The Balaban J connectivity index is 1.54. The fourth-order valence-corrected chi connectivity index (χ4v) is 2.74. The van der Waals surface area contributed by atoms with Gasteiger partial charge in [-0.3, -0.25) is 0 Å². The summed E-state index contributed by atoms with van der Waals surface area (Å²) >= 11 is 0. The fourth-order valence-electron chi connectivity index (χ4n) is 2.74. The van der Waals surface area contributed by atoms with Crippen LogP contribution in [0, 0.1) is 11.3 Å². The highest BCUT2D eigenvalue weighted by molar-refractivity contribution is 5.93. The van der Waals surface area contributed by atoms with E-state index in [4.69, 9.17) is 19.5 Å². The summed E-state index contributed by atoms with van der Waals surface area (Å²) in [7, 11) is 0. The fraction of sp³-hybridized carbons (Fsp3) is 0.300. The zero-order chi connectivity index (χ0) is 17.8. The normalized spacial score (nSPS) is 18.0. The Morgan fingerprint density at radius 2 is 1.92 bits per heavy atom. The molecule has 0 bridgehead atoms. The predicted octanol–water partition coefficient (Wildman–Crippen LogP) is 3.68. The Bertz CT molecular complexity index is 807. The Kier molecular flexibility index (Phi) is 4.90. The third-order valence-electron chi connectivity index (χ3n) is 4.33. The molecule has 0 aliphatic carbocycles. The maximum atomic E-state index is 12.3. The molecule has 1 aliphatic heterocycles. The number of nitriles is 1. The second-order valence-electron chi connectivity index (χ2n) is 5.96. The molecule has 0 N–H and O–H groups in total. The van der Waals surface area contributed by atoms with Crippen LogP contribution >= 0.6 is 0 Å². The molecule has 5 heteroatoms. The van der Waals surface area contributed by atoms with Crippen LogP contribution < -0.4 is 9.47 Å². The van der Waals surface area contributed by atoms with Crippen molar-refractivity contribution in [1.29, 1.82) is 5.26 Å². The highest BCUT2D eigenvalue weighted by atomic mass is 16.6. The van der Waals surface area contributed by atoms with Crippen molar-refractivity contribution in [2.45, 2.75) is 25.9 Å². The molecule has 2 aromatic carbocycles. The SMILES string of the molecule is C[C@@H]1Oc2c(C(=O)OCCOc3ccc(C#N)cc3)cccc2[C@@H]1C. The minimum atomic E-state index is -0.415. The van der Waals surface area contributed by atoms with Crippen molar-refractivity contribution in [3.8, 4) is 17.6 Å². The number of benzene rings is 2. The van der Waals surface area contributed by atoms with E-state index in [1.807, 2.05) is 25.1 Å². The standard InChI is InChI=1S/C20H19NO4/c1-13-14(2)25-19-17(13)4-3-5-18(19)20(22)24-11-10-23-16-8-6-15(12-21)7-9-16/h3-9,13-14H,10-11H2,1-2H3/t13-,14+/m1/s1. The molecule has 1 aliphatic rings. The molecule has 2 aromatic rings. The van der Waals surface area contributed by atoms with E-state index in [2.05, 4.69) is 6.92 Å². The second kappa shape index (κ2) is 7.27. The molecular formula is C20H19NO4. The quantitative estimate of drug-likeness (QED) is 0.615. The zero-order valence-corrected chi connectivity index (χ0v) is 14.2. The van der Waals surface area contributed by atoms with Crippen molar-refractivity contribution in [1.82, 2.24) is 0 Å². The maximum Gasteiger partial charge on any atom is 0.342 e. The lowest BCUT2D eigenvalue weighted by molar-refractivity contribution is 0.0445. The number of rotatable bonds is 5. The lowest BCUT2D eigenvalue weighted by Crippen LogP contribution is -2.14. The number of nitrogens with zero attached hydrogens (tertiary/aromatic N) is 1. The summed E-state index contributed by atoms with van der Waals surface area (Å²) in [6.45, 7) is 4.44. The average Bonchev–Trinajstić information content (AvgIpc) is 2.93. The zero-order valence-electron chi connectivity index (χ0n) is 14.2. The predicted molar refractivity (Wildman–Crippen MR) is 91.9 cm³/mol. The van der Waals surface area contributed by atoms with Gasteiger partial charge in [0.25, 0.3) is 0 Å². The molecule has 3 rings (SSSR count). The summed E-state index contributed by atoms with van der Waals surface area (Å²) in [6, 6.07) is 14.4. The van der Waals surface area contributed by atoms with Gasteiger partial charge in [-0.2, -0.15) is 5.26 Å². The smallest absolute Gasteiger partial charge is 0.342 e. The summed E-state index contributed by atoms with van der Waals surface area (Å²) in [5, 5.41) is 8.75. The number of carbonyl (C=O) groups excluding carboxylic acids is 1. The molecular weight excluding hydrogens is 318 g/mol. The Hall–Kier alpha value is -3.00. The Morgan fingerprint density at radius 3 is 2.64 bits per heavy atom. The third-order valence-corrected chi connectivity index (χ3v) is 4.33. The molecule has 0 amide bonds. The molecule has 1 heterocycles. The van der Waals surface area contributed by atoms with Crippen LogP contribution in [-0.2, 0) is 4.74 Å². The van der Waals surface area contributed by atoms with E-state index in [9.17, 15) is 4.79 Å². The third kappa shape index (κ3) is 3.58. The van der Waals surface area contributed by atoms with E-state index in [-0.39, 0.29) is 25.2 Å². The molecule has 0 unspecified atom stereocenters. The highest BCUT2D eigenvalue weighted by Gasteiger charge is 2.31. The number of para-hydroxylation sites is 1. The van der Waals surface area contributed by atoms with Gasteiger partial charge < -0.3 is 14.2 Å². The van der Waals surface area contributed by atoms with Gasteiger partial charge in [0.2, 0.25) is 0 Å². The van der Waals surface area contributed by atoms with E-state index in [0.29, 0.717) is 22.6 Å². The van der Waals surface area contributed by atoms with Gasteiger partial charge in [0.05, 0.1) is 11.6 Å². The van der Waals surface area contributed by atoms with Crippen LogP contribution in [0.25, 0.3) is 0 Å². The van der Waals surface area contributed by atoms with Gasteiger partial charge in [-0.15, -0.1) is 0 Å². The second-order valence-corrected chi connectivity index (χ2v) is 5.96. The number of fused-ring (bicyclic) bond motifs is 1. The van der Waals surface area contributed by atoms with E-state index < -0.39 is 5.97 Å². The van der Waals surface area contributed by atoms with Gasteiger partial charge >= 0.3 is 5.97 Å². The molecule has 5 nitrogen and oxygen atoms in total. The van der Waals surface area contributed by atoms with E-state index in [0.717, 1.165) is 5.56 Å². The van der Waals surface area contributed by atoms with Crippen LogP contribution in [0.15, 0.2) is 42.5 Å². The van der Waals surface area contributed by atoms with Gasteiger partial charge in [0.15, 0.2) is 0 Å². The Morgan fingerprint density at radius 1 is 1.16 bits per heavy atom. The summed E-state index contributed by atoms with van der Waals surface area (Å²) in [4.78, 5) is 12.3. The molecule has 0 fully saturated rings. The summed E-state index contributed by atoms with van der Waals surface area (Å²) in [5.41, 5.74) is 2.06. The largest absolute Gasteiger partial charge is 0.490 e. The molecule has 0 saturated heterocycles. The van der Waals surface area contributed by atoms with Gasteiger partial charge in [0, 0.05) is 11.5 Å². The molecule has 2 atom stereocenters. The molecule has 25 heavy (non-hydrogen) atoms. The van der Waals surface area contributed by atoms with Crippen molar-refractivity contribution in [2.24, 2.45) is 0 Å². The minimum absolute atomic E-state index is 0.0451. The molecule has 0 saturated carbocycles. The molecule has 0 spiro atoms. The molecule has 0 aromatic heterocycles. The Labute approximate surface area is 146 Å². The van der Waals surface area contributed by atoms with Crippen LogP contribution in [0.2, 0.25) is 0 Å². The number of hydrogen-bond donors (Lipinski definition) is 0. The summed E-state index contributed by atoms with van der Waals surface area (Å²) < 4.78 is 16.6. The van der Waals surface area contributed by atoms with Gasteiger partial charge in [-0.1, -0.05) is 19.1 Å². The van der Waals surface area contributed by atoms with Crippen molar-refractivity contribution in [3.63, 3.8) is 0 Å². The summed E-state index contributed by atoms with van der Waals surface area (Å²) in [6.07, 6.45) is 0.0451. The van der Waals surface area contributed by atoms with Crippen molar-refractivity contribution in [3.05, 3.63) is 59.2 Å². The van der Waals surface area contributed by atoms with Crippen molar-refractivity contribution >= 4 is 5.97 Å². The lowest BCUT2D eigenvalue weighted by atomic mass is 9.97. The lowest BCUT2D eigenvalue weighted by Gasteiger charge is -2.10.